The van der Waals surface area contributed by atoms with Gasteiger partial charge in [-0.2, -0.15) is 0 Å². The lowest BCUT2D eigenvalue weighted by Crippen LogP contribution is -2.54. The monoisotopic (exact) mass is 350 g/mol. The molecule has 0 saturated carbocycles. The highest BCUT2D eigenvalue weighted by molar-refractivity contribution is 6.69. The van der Waals surface area contributed by atoms with Crippen molar-refractivity contribution in [2.45, 2.75) is 38.6 Å². The van der Waals surface area contributed by atoms with E-state index in [-0.39, 0.29) is 0 Å². The van der Waals surface area contributed by atoms with Crippen LogP contribution in [-0.2, 0) is 35.5 Å². The number of hydrogen-bond acceptors (Lipinski definition) is 5. The molecule has 3 atom stereocenters. The number of rotatable bonds is 4. The Morgan fingerprint density at radius 3 is 2.21 bits per heavy atom. The Morgan fingerprint density at radius 1 is 1.08 bits per heavy atom. The fourth-order valence-electron chi connectivity index (χ4n) is 3.73. The van der Waals surface area contributed by atoms with Crippen molar-refractivity contribution in [1.29, 1.82) is 0 Å². The summed E-state index contributed by atoms with van der Waals surface area (Å²) in [6.07, 6.45) is 0.438. The van der Waals surface area contributed by atoms with Gasteiger partial charge in [-0.15, -0.1) is 0 Å². The van der Waals surface area contributed by atoms with Crippen molar-refractivity contribution in [3.05, 3.63) is 35.4 Å². The lowest BCUT2D eigenvalue weighted by Gasteiger charge is -2.47. The molecule has 5 nitrogen and oxygen atoms in total. The maximum absolute atomic E-state index is 12.6. The first-order valence-corrected chi connectivity index (χ1v) is 11.5. The van der Waals surface area contributed by atoms with Gasteiger partial charge in [0.2, 0.25) is 0 Å². The van der Waals surface area contributed by atoms with Crippen molar-refractivity contribution in [2.24, 2.45) is 11.8 Å². The molecule has 0 saturated heterocycles. The predicted octanol–water partition coefficient (Wildman–Crippen LogP) is 2.89. The van der Waals surface area contributed by atoms with Crippen molar-refractivity contribution < 1.29 is 23.5 Å². The van der Waals surface area contributed by atoms with Crippen LogP contribution in [-0.4, -0.2) is 34.5 Å². The fourth-order valence-corrected chi connectivity index (χ4v) is 5.24. The minimum Gasteiger partial charge on any atom is -0.469 e. The Balaban J connectivity index is 2.67. The van der Waals surface area contributed by atoms with Gasteiger partial charge >= 0.3 is 11.9 Å². The van der Waals surface area contributed by atoms with Gasteiger partial charge in [0.1, 0.15) is 5.92 Å². The van der Waals surface area contributed by atoms with Crippen LogP contribution in [0, 0.1) is 11.8 Å². The van der Waals surface area contributed by atoms with E-state index in [1.807, 2.05) is 31.2 Å². The maximum atomic E-state index is 12.6. The van der Waals surface area contributed by atoms with E-state index in [9.17, 15) is 9.59 Å². The quantitative estimate of drug-likeness (QED) is 0.617. The highest BCUT2D eigenvalue weighted by Crippen LogP contribution is 2.47. The summed E-state index contributed by atoms with van der Waals surface area (Å²) in [5, 5.41) is 0. The van der Waals surface area contributed by atoms with Crippen LogP contribution in [0.25, 0.3) is 0 Å². The second-order valence-corrected chi connectivity index (χ2v) is 11.7. The number of carbonyl (C=O) groups excluding carboxylic acids is 2. The summed E-state index contributed by atoms with van der Waals surface area (Å²) in [4.78, 5) is 25.0. The van der Waals surface area contributed by atoms with Gasteiger partial charge in [0.25, 0.3) is 0 Å². The van der Waals surface area contributed by atoms with Gasteiger partial charge in [-0.1, -0.05) is 24.3 Å². The molecule has 0 fully saturated rings. The molecule has 0 aliphatic heterocycles. The van der Waals surface area contributed by atoms with E-state index in [1.54, 1.807) is 0 Å². The van der Waals surface area contributed by atoms with Crippen molar-refractivity contribution in [1.82, 2.24) is 0 Å². The molecule has 0 heterocycles. The normalized spacial score (nSPS) is 26.4. The molecule has 1 aromatic rings. The van der Waals surface area contributed by atoms with Gasteiger partial charge in [-0.3, -0.25) is 9.59 Å². The molecular weight excluding hydrogens is 324 g/mol. The third-order valence-electron chi connectivity index (χ3n) is 4.47. The van der Waals surface area contributed by atoms with Crippen LogP contribution < -0.4 is 0 Å². The first kappa shape index (κ1) is 18.7. The molecule has 0 radical (unpaired) electrons. The standard InChI is InChI=1S/C18H26O5Si/c1-18(23-24(4,5)6)14-10-8-7-9-12(14)11-13(16(19)21-2)15(18)17(20)22-3/h7-10,13,15H,11H2,1-6H3/t13-,15-,18+/m1/s1. The largest absolute Gasteiger partial charge is 0.469 e. The summed E-state index contributed by atoms with van der Waals surface area (Å²) in [7, 11) is 0.660. The lowest BCUT2D eigenvalue weighted by atomic mass is 9.66. The molecule has 0 unspecified atom stereocenters. The molecule has 0 aromatic heterocycles. The highest BCUT2D eigenvalue weighted by Gasteiger charge is 2.54. The smallest absolute Gasteiger partial charge is 0.312 e. The van der Waals surface area contributed by atoms with Gasteiger partial charge in [-0.25, -0.2) is 0 Å². The number of ether oxygens (including phenoxy) is 2. The minimum absolute atomic E-state index is 0.412. The molecule has 0 spiro atoms. The molecule has 2 rings (SSSR count). The van der Waals surface area contributed by atoms with Crippen LogP contribution >= 0.6 is 0 Å². The molecule has 132 valence electrons. The molecule has 0 bridgehead atoms. The van der Waals surface area contributed by atoms with Crippen LogP contribution in [0.4, 0.5) is 0 Å². The zero-order valence-electron chi connectivity index (χ0n) is 15.2. The second-order valence-electron chi connectivity index (χ2n) is 7.31. The minimum atomic E-state index is -2.02. The Bertz CT molecular complexity index is 637. The van der Waals surface area contributed by atoms with E-state index in [4.69, 9.17) is 13.9 Å². The van der Waals surface area contributed by atoms with E-state index in [0.29, 0.717) is 6.42 Å². The summed E-state index contributed by atoms with van der Waals surface area (Å²) in [5.41, 5.74) is 1.03. The third kappa shape index (κ3) is 3.39. The van der Waals surface area contributed by atoms with Gasteiger partial charge in [0.05, 0.1) is 25.7 Å². The van der Waals surface area contributed by atoms with E-state index in [0.717, 1.165) is 11.1 Å². The van der Waals surface area contributed by atoms with Crippen LogP contribution in [0.3, 0.4) is 0 Å². The average Bonchev–Trinajstić information content (AvgIpc) is 2.51. The molecule has 0 N–H and O–H groups in total. The van der Waals surface area contributed by atoms with Gasteiger partial charge in [-0.05, 0) is 44.1 Å². The second kappa shape index (κ2) is 6.68. The van der Waals surface area contributed by atoms with Crippen molar-refractivity contribution in [3.63, 3.8) is 0 Å². The molecule has 1 aliphatic carbocycles. The van der Waals surface area contributed by atoms with E-state index < -0.39 is 37.7 Å². The maximum Gasteiger partial charge on any atom is 0.312 e. The number of esters is 2. The van der Waals surface area contributed by atoms with Crippen LogP contribution in [0.15, 0.2) is 24.3 Å². The summed E-state index contributed by atoms with van der Waals surface area (Å²) in [6, 6.07) is 7.81. The van der Waals surface area contributed by atoms with Crippen molar-refractivity contribution in [2.75, 3.05) is 14.2 Å². The molecule has 1 aromatic carbocycles. The topological polar surface area (TPSA) is 61.8 Å². The Hall–Kier alpha value is -1.66. The first-order chi connectivity index (χ1) is 11.1. The predicted molar refractivity (Wildman–Crippen MR) is 92.9 cm³/mol. The third-order valence-corrected chi connectivity index (χ3v) is 5.50. The van der Waals surface area contributed by atoms with E-state index >= 15 is 0 Å². The molecule has 24 heavy (non-hydrogen) atoms. The molecule has 1 aliphatic rings. The summed E-state index contributed by atoms with van der Waals surface area (Å²) in [6.45, 7) is 8.09. The summed E-state index contributed by atoms with van der Waals surface area (Å²) >= 11 is 0. The fraction of sp³-hybridized carbons (Fsp3) is 0.556. The van der Waals surface area contributed by atoms with Gasteiger partial charge in [0, 0.05) is 0 Å². The Labute approximate surface area is 144 Å². The Kier molecular flexibility index (Phi) is 5.20. The number of hydrogen-bond donors (Lipinski definition) is 0. The average molecular weight is 350 g/mol. The van der Waals surface area contributed by atoms with Crippen molar-refractivity contribution >= 4 is 20.3 Å². The SMILES string of the molecule is COC(=O)[C@@H]1Cc2ccccc2[C@](C)(O[Si](C)(C)C)[C@H]1C(=O)OC. The molecule has 0 amide bonds. The van der Waals surface area contributed by atoms with Gasteiger partial charge in [0.15, 0.2) is 8.32 Å². The van der Waals surface area contributed by atoms with Crippen molar-refractivity contribution in [3.8, 4) is 0 Å². The van der Waals surface area contributed by atoms with E-state index in [1.165, 1.54) is 14.2 Å². The van der Waals surface area contributed by atoms with Crippen LogP contribution in [0.5, 0.6) is 0 Å². The van der Waals surface area contributed by atoms with Gasteiger partial charge < -0.3 is 13.9 Å². The molecule has 6 heteroatoms. The van der Waals surface area contributed by atoms with Crippen LogP contribution in [0.2, 0.25) is 19.6 Å². The summed E-state index contributed by atoms with van der Waals surface area (Å²) < 4.78 is 16.5. The Morgan fingerprint density at radius 2 is 1.67 bits per heavy atom. The highest BCUT2D eigenvalue weighted by atomic mass is 28.4. The van der Waals surface area contributed by atoms with E-state index in [2.05, 4.69) is 19.6 Å². The lowest BCUT2D eigenvalue weighted by molar-refractivity contribution is -0.169. The zero-order valence-corrected chi connectivity index (χ0v) is 16.2. The number of carbonyl (C=O) groups is 2. The zero-order chi connectivity index (χ0) is 18.1. The van der Waals surface area contributed by atoms with Crippen LogP contribution in [0.1, 0.15) is 18.1 Å². The number of fused-ring (bicyclic) bond motifs is 1. The number of benzene rings is 1. The summed E-state index contributed by atoms with van der Waals surface area (Å²) in [5.74, 6) is -2.22. The number of methoxy groups -OCH3 is 2. The molecular formula is C18H26O5Si. The first-order valence-electron chi connectivity index (χ1n) is 8.08.